The van der Waals surface area contributed by atoms with E-state index in [1.54, 1.807) is 6.08 Å². The van der Waals surface area contributed by atoms with Gasteiger partial charge in [-0.25, -0.2) is 0 Å². The van der Waals surface area contributed by atoms with Gasteiger partial charge in [0.25, 0.3) is 0 Å². The topological polar surface area (TPSA) is 52.2 Å². The van der Waals surface area contributed by atoms with Crippen LogP contribution in [0.4, 0.5) is 0 Å². The second-order valence-corrected chi connectivity index (χ2v) is 6.71. The first-order valence-corrected chi connectivity index (χ1v) is 5.91. The maximum Gasteiger partial charge on any atom is 0.162 e. The Morgan fingerprint density at radius 2 is 1.71 bits per heavy atom. The average molecular weight is 239 g/mol. The predicted molar refractivity (Wildman–Crippen MR) is 66.4 cm³/mol. The first kappa shape index (κ1) is 14.2. The smallest absolute Gasteiger partial charge is 0.162 e. The zero-order chi connectivity index (χ0) is 13.6. The van der Waals surface area contributed by atoms with Gasteiger partial charge in [0.05, 0.1) is 5.54 Å². The Morgan fingerprint density at radius 1 is 1.24 bits per heavy atom. The second kappa shape index (κ2) is 3.82. The van der Waals surface area contributed by atoms with Crippen molar-refractivity contribution in [2.24, 2.45) is 5.41 Å². The quantitative estimate of drug-likeness (QED) is 0.714. The molecule has 0 aromatic rings. The van der Waals surface area contributed by atoms with E-state index in [1.165, 1.54) is 0 Å². The highest BCUT2D eigenvalue weighted by Crippen LogP contribution is 2.35. The van der Waals surface area contributed by atoms with Crippen LogP contribution in [0.1, 0.15) is 48.5 Å². The lowest BCUT2D eigenvalue weighted by Gasteiger charge is -2.29. The molecule has 0 bridgehead atoms. The lowest BCUT2D eigenvalue weighted by atomic mass is 9.88. The van der Waals surface area contributed by atoms with Gasteiger partial charge in [-0.2, -0.15) is 0 Å². The molecule has 1 saturated heterocycles. The van der Waals surface area contributed by atoms with E-state index in [-0.39, 0.29) is 5.78 Å². The molecule has 0 unspecified atom stereocenters. The minimum Gasteiger partial charge on any atom is -0.367 e. The minimum absolute atomic E-state index is 0.0270. The molecule has 0 aromatic heterocycles. The first-order valence-electron chi connectivity index (χ1n) is 5.91. The van der Waals surface area contributed by atoms with E-state index in [0.29, 0.717) is 5.70 Å². The number of hydroxylamine groups is 2. The predicted octanol–water partition coefficient (Wildman–Crippen LogP) is 2.25. The number of carbonyl (C=O) groups excluding carboxylic acids is 1. The third-order valence-corrected chi connectivity index (χ3v) is 3.13. The van der Waals surface area contributed by atoms with Gasteiger partial charge in [0.15, 0.2) is 5.78 Å². The summed E-state index contributed by atoms with van der Waals surface area (Å²) in [6.45, 7) is 12.9. The van der Waals surface area contributed by atoms with Crippen LogP contribution < -0.4 is 5.32 Å². The van der Waals surface area contributed by atoms with Gasteiger partial charge in [-0.3, -0.25) is 4.79 Å². The molecular formula is C13H23N2O2. The summed E-state index contributed by atoms with van der Waals surface area (Å²) in [5, 5.41) is 16.2. The zero-order valence-electron chi connectivity index (χ0n) is 11.8. The van der Waals surface area contributed by atoms with Crippen LogP contribution in [-0.2, 0) is 10.0 Å². The summed E-state index contributed by atoms with van der Waals surface area (Å²) in [5.74, 6) is 0.0270. The largest absolute Gasteiger partial charge is 0.367 e. The van der Waals surface area contributed by atoms with Crippen LogP contribution in [0.25, 0.3) is 0 Å². The standard InChI is InChI=1S/C13H23N2O2/c1-11(2,3)10(16)8-9-12(4,5)15(17)13(6,7)14-9/h8,14H,1-7H3/b9-8-. The molecule has 0 saturated carbocycles. The highest BCUT2D eigenvalue weighted by molar-refractivity contribution is 5.94. The lowest BCUT2D eigenvalue weighted by molar-refractivity contribution is -0.243. The number of nitrogens with one attached hydrogen (secondary N) is 1. The van der Waals surface area contributed by atoms with Crippen LogP contribution in [0.15, 0.2) is 11.8 Å². The molecule has 4 heteroatoms. The third kappa shape index (κ3) is 2.53. The SMILES string of the molecule is CC(C)(C)C(=O)/C=C1\NC(C)(C)N([O])C1(C)C. The van der Waals surface area contributed by atoms with Gasteiger partial charge >= 0.3 is 0 Å². The van der Waals surface area contributed by atoms with Gasteiger partial charge in [-0.1, -0.05) is 20.8 Å². The summed E-state index contributed by atoms with van der Waals surface area (Å²) in [7, 11) is 0. The Bertz CT molecular complexity index is 362. The number of carbonyl (C=O) groups is 1. The monoisotopic (exact) mass is 239 g/mol. The van der Waals surface area contributed by atoms with Gasteiger partial charge in [-0.15, -0.1) is 10.3 Å². The van der Waals surface area contributed by atoms with Gasteiger partial charge in [0.2, 0.25) is 0 Å². The molecule has 17 heavy (non-hydrogen) atoms. The summed E-state index contributed by atoms with van der Waals surface area (Å²) in [6.07, 6.45) is 1.57. The van der Waals surface area contributed by atoms with E-state index in [0.717, 1.165) is 5.06 Å². The number of allylic oxidation sites excluding steroid dienone is 1. The molecule has 1 radical (unpaired) electrons. The normalized spacial score (nSPS) is 26.0. The van der Waals surface area contributed by atoms with Crippen molar-refractivity contribution in [3.05, 3.63) is 11.8 Å². The Balaban J connectivity index is 3.09. The Hall–Kier alpha value is -0.870. The van der Waals surface area contributed by atoms with E-state index < -0.39 is 16.6 Å². The van der Waals surface area contributed by atoms with Crippen LogP contribution in [0.3, 0.4) is 0 Å². The molecule has 1 heterocycles. The average Bonchev–Trinajstić information content (AvgIpc) is 2.26. The summed E-state index contributed by atoms with van der Waals surface area (Å²) in [5.41, 5.74) is -1.10. The number of nitrogens with zero attached hydrogens (tertiary/aromatic N) is 1. The Kier molecular flexibility index (Phi) is 3.19. The summed E-state index contributed by atoms with van der Waals surface area (Å²) in [4.78, 5) is 12.0. The van der Waals surface area contributed by atoms with Crippen LogP contribution in [-0.4, -0.2) is 22.0 Å². The highest BCUT2D eigenvalue weighted by Gasteiger charge is 2.49. The van der Waals surface area contributed by atoms with Crippen molar-refractivity contribution in [1.29, 1.82) is 0 Å². The summed E-state index contributed by atoms with van der Waals surface area (Å²) < 4.78 is 0. The van der Waals surface area contributed by atoms with Crippen LogP contribution in [0, 0.1) is 5.41 Å². The van der Waals surface area contributed by atoms with Crippen molar-refractivity contribution in [1.82, 2.24) is 10.4 Å². The molecule has 97 valence electrons. The number of ketones is 1. The number of rotatable bonds is 1. The summed E-state index contributed by atoms with van der Waals surface area (Å²) >= 11 is 0. The van der Waals surface area contributed by atoms with Crippen LogP contribution >= 0.6 is 0 Å². The molecule has 0 aromatic carbocycles. The molecule has 1 fully saturated rings. The van der Waals surface area contributed by atoms with Gasteiger partial charge in [0.1, 0.15) is 5.66 Å². The highest BCUT2D eigenvalue weighted by atomic mass is 16.5. The maximum absolute atomic E-state index is 12.1. The molecule has 1 rings (SSSR count). The molecule has 0 spiro atoms. The number of hydrogen-bond donors (Lipinski definition) is 1. The van der Waals surface area contributed by atoms with Gasteiger partial charge in [-0.05, 0) is 27.7 Å². The van der Waals surface area contributed by atoms with E-state index in [4.69, 9.17) is 0 Å². The van der Waals surface area contributed by atoms with Gasteiger partial charge < -0.3 is 5.32 Å². The number of hydrogen-bond acceptors (Lipinski definition) is 3. The maximum atomic E-state index is 12.1. The van der Waals surface area contributed by atoms with Crippen molar-refractivity contribution in [2.75, 3.05) is 0 Å². The molecule has 0 aliphatic carbocycles. The van der Waals surface area contributed by atoms with Crippen molar-refractivity contribution in [3.63, 3.8) is 0 Å². The van der Waals surface area contributed by atoms with Crippen LogP contribution in [0.5, 0.6) is 0 Å². The molecule has 1 aliphatic heterocycles. The lowest BCUT2D eigenvalue weighted by Crippen LogP contribution is -2.47. The van der Waals surface area contributed by atoms with E-state index in [1.807, 2.05) is 48.5 Å². The molecule has 4 nitrogen and oxygen atoms in total. The fraction of sp³-hybridized carbons (Fsp3) is 0.769. The Morgan fingerprint density at radius 3 is 2.00 bits per heavy atom. The van der Waals surface area contributed by atoms with E-state index >= 15 is 0 Å². The summed E-state index contributed by atoms with van der Waals surface area (Å²) in [6, 6.07) is 0. The van der Waals surface area contributed by atoms with Gasteiger partial charge in [0, 0.05) is 17.2 Å². The molecule has 0 atom stereocenters. The van der Waals surface area contributed by atoms with E-state index in [2.05, 4.69) is 5.32 Å². The van der Waals surface area contributed by atoms with E-state index in [9.17, 15) is 10.0 Å². The second-order valence-electron chi connectivity index (χ2n) is 6.71. The molecular weight excluding hydrogens is 216 g/mol. The molecule has 1 N–H and O–H groups in total. The zero-order valence-corrected chi connectivity index (χ0v) is 11.8. The Labute approximate surface area is 104 Å². The third-order valence-electron chi connectivity index (χ3n) is 3.13. The first-order chi connectivity index (χ1) is 7.39. The molecule has 0 amide bonds. The fourth-order valence-corrected chi connectivity index (χ4v) is 1.90. The van der Waals surface area contributed by atoms with Crippen molar-refractivity contribution in [3.8, 4) is 0 Å². The van der Waals surface area contributed by atoms with Crippen molar-refractivity contribution >= 4 is 5.78 Å². The van der Waals surface area contributed by atoms with Crippen LogP contribution in [0.2, 0.25) is 0 Å². The fourth-order valence-electron chi connectivity index (χ4n) is 1.90. The van der Waals surface area contributed by atoms with Crippen molar-refractivity contribution in [2.45, 2.75) is 59.7 Å². The molecule has 1 aliphatic rings. The minimum atomic E-state index is -0.690. The van der Waals surface area contributed by atoms with Crippen molar-refractivity contribution < 1.29 is 10.0 Å².